The number of hydrogen-bond acceptors (Lipinski definition) is 6. The van der Waals surface area contributed by atoms with E-state index in [2.05, 4.69) is 15.6 Å². The van der Waals surface area contributed by atoms with Gasteiger partial charge in [-0.15, -0.1) is 11.3 Å². The molecular weight excluding hydrogens is 280 g/mol. The first-order valence-corrected chi connectivity index (χ1v) is 7.75. The van der Waals surface area contributed by atoms with Crippen molar-refractivity contribution in [1.29, 1.82) is 0 Å². The van der Waals surface area contributed by atoms with Crippen LogP contribution in [0.4, 0.5) is 5.13 Å². The molecule has 1 amide bonds. The Labute approximate surface area is 120 Å². The first-order chi connectivity index (χ1) is 9.11. The number of rotatable bonds is 6. The molecule has 0 saturated carbocycles. The van der Waals surface area contributed by atoms with E-state index in [9.17, 15) is 4.79 Å². The van der Waals surface area contributed by atoms with Crippen LogP contribution in [-0.2, 0) is 0 Å². The van der Waals surface area contributed by atoms with E-state index < -0.39 is 0 Å². The van der Waals surface area contributed by atoms with Gasteiger partial charge in [-0.2, -0.15) is 0 Å². The largest absolute Gasteiger partial charge is 0.354 e. The van der Waals surface area contributed by atoms with Crippen molar-refractivity contribution in [2.45, 2.75) is 6.42 Å². The van der Waals surface area contributed by atoms with E-state index in [1.807, 2.05) is 32.1 Å². The Morgan fingerprint density at radius 1 is 1.37 bits per heavy atom. The van der Waals surface area contributed by atoms with Crippen LogP contribution < -0.4 is 15.5 Å². The number of carbonyl (C=O) groups is 1. The number of carbonyl (C=O) groups excluding carboxylic acids is 1. The third-order valence-electron chi connectivity index (χ3n) is 2.57. The highest BCUT2D eigenvalue weighted by Gasteiger charge is 2.14. The summed E-state index contributed by atoms with van der Waals surface area (Å²) in [5, 5.41) is 6.95. The number of thiazole rings is 1. The Morgan fingerprint density at radius 2 is 2.16 bits per heavy atom. The monoisotopic (exact) mass is 298 g/mol. The Bertz CT molecular complexity index is 530. The van der Waals surface area contributed by atoms with Crippen molar-refractivity contribution in [3.05, 3.63) is 10.9 Å². The van der Waals surface area contributed by atoms with E-state index in [-0.39, 0.29) is 5.91 Å². The summed E-state index contributed by atoms with van der Waals surface area (Å²) in [7, 11) is 5.85. The summed E-state index contributed by atoms with van der Waals surface area (Å²) in [6.45, 7) is 1.61. The molecule has 0 aliphatic carbocycles. The van der Waals surface area contributed by atoms with Gasteiger partial charge in [-0.05, 0) is 26.1 Å². The topological polar surface area (TPSA) is 57.3 Å². The van der Waals surface area contributed by atoms with Crippen LogP contribution in [0.2, 0.25) is 0 Å². The van der Waals surface area contributed by atoms with Gasteiger partial charge >= 0.3 is 0 Å². The van der Waals surface area contributed by atoms with E-state index >= 15 is 0 Å². The summed E-state index contributed by atoms with van der Waals surface area (Å²) in [5.41, 5.74) is 0. The second-order valence-electron chi connectivity index (χ2n) is 4.38. The van der Waals surface area contributed by atoms with Gasteiger partial charge in [0.15, 0.2) is 5.13 Å². The molecule has 0 fully saturated rings. The van der Waals surface area contributed by atoms with Crippen LogP contribution in [-0.4, -0.2) is 45.1 Å². The van der Waals surface area contributed by atoms with E-state index in [1.54, 1.807) is 11.3 Å². The van der Waals surface area contributed by atoms with Gasteiger partial charge in [0.1, 0.15) is 4.83 Å². The molecule has 2 N–H and O–H groups in total. The lowest BCUT2D eigenvalue weighted by atomic mass is 10.4. The molecule has 0 aliphatic rings. The molecular formula is C12H18N4OS2. The molecule has 104 valence electrons. The van der Waals surface area contributed by atoms with Gasteiger partial charge in [0.2, 0.25) is 0 Å². The Kier molecular flexibility index (Phi) is 4.73. The third kappa shape index (κ3) is 3.43. The molecule has 0 atom stereocenters. The van der Waals surface area contributed by atoms with Gasteiger partial charge in [0, 0.05) is 20.6 Å². The lowest BCUT2D eigenvalue weighted by Crippen LogP contribution is -2.25. The lowest BCUT2D eigenvalue weighted by Gasteiger charge is -2.05. The van der Waals surface area contributed by atoms with Gasteiger partial charge < -0.3 is 15.5 Å². The first kappa shape index (κ1) is 14.2. The van der Waals surface area contributed by atoms with Crippen LogP contribution in [0.15, 0.2) is 6.07 Å². The fourth-order valence-electron chi connectivity index (χ4n) is 1.58. The molecule has 0 spiro atoms. The molecule has 2 heterocycles. The van der Waals surface area contributed by atoms with Crippen LogP contribution in [0.1, 0.15) is 16.1 Å². The van der Waals surface area contributed by atoms with Crippen LogP contribution in [0.3, 0.4) is 0 Å². The SMILES string of the molecule is CNCCCNC(=O)c1cc2sc(N(C)C)nc2s1. The average Bonchev–Trinajstić information content (AvgIpc) is 2.92. The maximum atomic E-state index is 11.9. The summed E-state index contributed by atoms with van der Waals surface area (Å²) in [6.07, 6.45) is 0.936. The highest BCUT2D eigenvalue weighted by Crippen LogP contribution is 2.33. The standard InChI is InChI=1S/C12H18N4OS2/c1-13-5-4-6-14-10(17)8-7-9-11(18-8)15-12(19-9)16(2)3/h7,13H,4-6H2,1-3H3,(H,14,17). The molecule has 7 heteroatoms. The highest BCUT2D eigenvalue weighted by atomic mass is 32.1. The van der Waals surface area contributed by atoms with Crippen LogP contribution in [0.5, 0.6) is 0 Å². The lowest BCUT2D eigenvalue weighted by molar-refractivity contribution is 0.0957. The summed E-state index contributed by atoms with van der Waals surface area (Å²) >= 11 is 3.06. The predicted octanol–water partition coefficient (Wildman–Crippen LogP) is 1.76. The number of amides is 1. The number of thiophene rings is 1. The summed E-state index contributed by atoms with van der Waals surface area (Å²) in [5.74, 6) is -0.00212. The fourth-order valence-corrected chi connectivity index (χ4v) is 3.63. The van der Waals surface area contributed by atoms with Gasteiger partial charge in [0.25, 0.3) is 5.91 Å². The number of nitrogens with one attached hydrogen (secondary N) is 2. The molecule has 0 unspecified atom stereocenters. The van der Waals surface area contributed by atoms with Gasteiger partial charge in [-0.3, -0.25) is 4.79 Å². The summed E-state index contributed by atoms with van der Waals surface area (Å²) in [6, 6.07) is 1.93. The molecule has 2 aromatic heterocycles. The minimum absolute atomic E-state index is 0.00212. The molecule has 0 radical (unpaired) electrons. The van der Waals surface area contributed by atoms with Crippen molar-refractivity contribution >= 4 is 43.2 Å². The number of hydrogen-bond donors (Lipinski definition) is 2. The molecule has 0 bridgehead atoms. The smallest absolute Gasteiger partial charge is 0.261 e. The molecule has 2 aromatic rings. The maximum Gasteiger partial charge on any atom is 0.261 e. The molecule has 19 heavy (non-hydrogen) atoms. The fraction of sp³-hybridized carbons (Fsp3) is 0.500. The average molecular weight is 298 g/mol. The molecule has 0 aliphatic heterocycles. The Morgan fingerprint density at radius 3 is 2.79 bits per heavy atom. The second kappa shape index (κ2) is 6.31. The van der Waals surface area contributed by atoms with Crippen molar-refractivity contribution < 1.29 is 4.79 Å². The minimum Gasteiger partial charge on any atom is -0.354 e. The third-order valence-corrected chi connectivity index (χ3v) is 4.90. The minimum atomic E-state index is -0.00212. The van der Waals surface area contributed by atoms with Crippen molar-refractivity contribution in [2.75, 3.05) is 39.1 Å². The zero-order valence-corrected chi connectivity index (χ0v) is 13.0. The second-order valence-corrected chi connectivity index (χ2v) is 6.42. The van der Waals surface area contributed by atoms with Crippen molar-refractivity contribution in [3.8, 4) is 0 Å². The van der Waals surface area contributed by atoms with Crippen LogP contribution >= 0.6 is 22.7 Å². The van der Waals surface area contributed by atoms with Gasteiger partial charge in [0.05, 0.1) is 9.58 Å². The summed E-state index contributed by atoms with van der Waals surface area (Å²) in [4.78, 5) is 20.1. The van der Waals surface area contributed by atoms with Crippen molar-refractivity contribution in [2.24, 2.45) is 0 Å². The van der Waals surface area contributed by atoms with Crippen molar-refractivity contribution in [3.63, 3.8) is 0 Å². The maximum absolute atomic E-state index is 11.9. The van der Waals surface area contributed by atoms with Crippen LogP contribution in [0.25, 0.3) is 9.53 Å². The van der Waals surface area contributed by atoms with E-state index in [0.29, 0.717) is 6.54 Å². The zero-order valence-electron chi connectivity index (χ0n) is 11.3. The van der Waals surface area contributed by atoms with E-state index in [0.717, 1.165) is 32.5 Å². The van der Waals surface area contributed by atoms with Gasteiger partial charge in [-0.1, -0.05) is 11.3 Å². The molecule has 2 rings (SSSR count). The van der Waals surface area contributed by atoms with E-state index in [4.69, 9.17) is 0 Å². The van der Waals surface area contributed by atoms with E-state index in [1.165, 1.54) is 11.3 Å². The van der Waals surface area contributed by atoms with Crippen molar-refractivity contribution in [1.82, 2.24) is 15.6 Å². The predicted molar refractivity (Wildman–Crippen MR) is 82.7 cm³/mol. The first-order valence-electron chi connectivity index (χ1n) is 6.12. The molecule has 0 saturated heterocycles. The summed E-state index contributed by atoms with van der Waals surface area (Å²) < 4.78 is 1.08. The quantitative estimate of drug-likeness (QED) is 0.798. The zero-order chi connectivity index (χ0) is 13.8. The number of anilines is 1. The van der Waals surface area contributed by atoms with Crippen LogP contribution in [0, 0.1) is 0 Å². The normalized spacial score (nSPS) is 10.9. The van der Waals surface area contributed by atoms with Gasteiger partial charge in [-0.25, -0.2) is 4.98 Å². The highest BCUT2D eigenvalue weighted by molar-refractivity contribution is 7.29. The number of aromatic nitrogens is 1. The molecule has 5 nitrogen and oxygen atoms in total. The Balaban J connectivity index is 2.00. The number of fused-ring (bicyclic) bond motifs is 1. The Hall–Kier alpha value is -1.18. The molecule has 0 aromatic carbocycles. The number of nitrogens with zero attached hydrogens (tertiary/aromatic N) is 2.